The molecule has 1 atom stereocenters. The van der Waals surface area contributed by atoms with Crippen LogP contribution in [0.25, 0.3) is 0 Å². The van der Waals surface area contributed by atoms with Gasteiger partial charge in [0, 0.05) is 6.07 Å². The molecule has 2 aromatic rings. The van der Waals surface area contributed by atoms with Gasteiger partial charge in [0.05, 0.1) is 41.3 Å². The number of halogens is 2. The van der Waals surface area contributed by atoms with Crippen LogP contribution in [0.5, 0.6) is 11.5 Å². The maximum absolute atomic E-state index is 12.6. The van der Waals surface area contributed by atoms with Crippen LogP contribution < -0.4 is 20.5 Å². The lowest BCUT2D eigenvalue weighted by Gasteiger charge is -2.13. The number of amides is 1. The molecule has 10 heteroatoms. The molecule has 0 bridgehead atoms. The smallest absolute Gasteiger partial charge is 0.258 e. The summed E-state index contributed by atoms with van der Waals surface area (Å²) in [7, 11) is 2.94. The number of nitrogens with two attached hydrogens (primary N) is 1. The Hall–Kier alpha value is -2.84. The van der Waals surface area contributed by atoms with E-state index in [-0.39, 0.29) is 21.4 Å². The van der Waals surface area contributed by atoms with Crippen LogP contribution in [-0.4, -0.2) is 32.0 Å². The van der Waals surface area contributed by atoms with Crippen molar-refractivity contribution in [2.75, 3.05) is 25.3 Å². The minimum Gasteiger partial charge on any atom is -0.497 e. The molecule has 0 aliphatic carbocycles. The molecule has 2 rings (SSSR count). The largest absolute Gasteiger partial charge is 0.497 e. The Kier molecular flexibility index (Phi) is 7.19. The quantitative estimate of drug-likeness (QED) is 0.391. The Morgan fingerprint density at radius 2 is 1.75 bits per heavy atom. The maximum atomic E-state index is 12.6. The number of hydrogen-bond acceptors (Lipinski definition) is 7. The first-order valence-corrected chi connectivity index (χ1v) is 8.71. The second-order valence-electron chi connectivity index (χ2n) is 5.61. The molecular weight excluding hydrogens is 407 g/mol. The van der Waals surface area contributed by atoms with Gasteiger partial charge in [-0.05, 0) is 31.2 Å². The van der Waals surface area contributed by atoms with E-state index in [1.54, 1.807) is 18.2 Å². The predicted octanol–water partition coefficient (Wildman–Crippen LogP) is 4.27. The molecule has 0 radical (unpaired) electrons. The Labute approximate surface area is 171 Å². The average Bonchev–Trinajstić information content (AvgIpc) is 2.65. The molecular formula is C18H18Cl2N4O4. The van der Waals surface area contributed by atoms with E-state index in [0.29, 0.717) is 17.2 Å². The van der Waals surface area contributed by atoms with Crippen LogP contribution in [0.4, 0.5) is 17.1 Å². The molecule has 0 fully saturated rings. The predicted molar refractivity (Wildman–Crippen MR) is 108 cm³/mol. The van der Waals surface area contributed by atoms with Gasteiger partial charge < -0.3 is 20.5 Å². The van der Waals surface area contributed by atoms with E-state index >= 15 is 0 Å². The highest BCUT2D eigenvalue weighted by Crippen LogP contribution is 2.33. The highest BCUT2D eigenvalue weighted by Gasteiger charge is 2.24. The monoisotopic (exact) mass is 424 g/mol. The zero-order chi connectivity index (χ0) is 20.8. The number of anilines is 2. The van der Waals surface area contributed by atoms with Gasteiger partial charge in [-0.3, -0.25) is 9.59 Å². The molecule has 0 aromatic heterocycles. The Morgan fingerprint density at radius 1 is 1.11 bits per heavy atom. The standard InChI is InChI=1S/C18H18Cl2N4O4/c1-9(25)17(24-23-10-6-12(19)16(21)13(20)7-10)18(26)22-14-8-11(27-2)4-5-15(14)28-3/h4-8,17H,21H2,1-3H3,(H,22,26). The molecule has 0 aliphatic heterocycles. The van der Waals surface area contributed by atoms with Crippen LogP contribution in [0.1, 0.15) is 6.92 Å². The summed E-state index contributed by atoms with van der Waals surface area (Å²) >= 11 is 11.9. The SMILES string of the molecule is COc1ccc(OC)c(NC(=O)C(N=Nc2cc(Cl)c(N)c(Cl)c2)C(C)=O)c1. The molecule has 1 amide bonds. The second kappa shape index (κ2) is 9.38. The Morgan fingerprint density at radius 3 is 2.29 bits per heavy atom. The zero-order valence-electron chi connectivity index (χ0n) is 15.3. The summed E-state index contributed by atoms with van der Waals surface area (Å²) in [4.78, 5) is 24.5. The highest BCUT2D eigenvalue weighted by molar-refractivity contribution is 6.39. The summed E-state index contributed by atoms with van der Waals surface area (Å²) in [5.74, 6) is -0.292. The molecule has 3 N–H and O–H groups in total. The summed E-state index contributed by atoms with van der Waals surface area (Å²) < 4.78 is 10.3. The van der Waals surface area contributed by atoms with Crippen molar-refractivity contribution >= 4 is 52.0 Å². The third kappa shape index (κ3) is 5.11. The van der Waals surface area contributed by atoms with Crippen molar-refractivity contribution in [3.05, 3.63) is 40.4 Å². The summed E-state index contributed by atoms with van der Waals surface area (Å²) in [6.07, 6.45) is 0. The summed E-state index contributed by atoms with van der Waals surface area (Å²) in [5.41, 5.74) is 6.44. The Bertz CT molecular complexity index is 911. The van der Waals surface area contributed by atoms with Crippen molar-refractivity contribution in [2.24, 2.45) is 10.2 Å². The number of ether oxygens (including phenoxy) is 2. The summed E-state index contributed by atoms with van der Waals surface area (Å²) in [5, 5.41) is 10.7. The number of Topliss-reactive ketones (excluding diaryl/α,β-unsaturated/α-hetero) is 1. The molecule has 8 nitrogen and oxygen atoms in total. The third-order valence-corrected chi connectivity index (χ3v) is 4.28. The Balaban J connectivity index is 2.27. The summed E-state index contributed by atoms with van der Waals surface area (Å²) in [6, 6.07) is 6.32. The molecule has 0 spiro atoms. The summed E-state index contributed by atoms with van der Waals surface area (Å²) in [6.45, 7) is 1.23. The number of benzene rings is 2. The first kappa shape index (κ1) is 21.5. The van der Waals surface area contributed by atoms with Gasteiger partial charge in [-0.25, -0.2) is 0 Å². The van der Waals surface area contributed by atoms with E-state index in [4.69, 9.17) is 38.4 Å². The minimum absolute atomic E-state index is 0.186. The lowest BCUT2D eigenvalue weighted by atomic mass is 10.2. The fraction of sp³-hybridized carbons (Fsp3) is 0.222. The van der Waals surface area contributed by atoms with E-state index in [9.17, 15) is 9.59 Å². The number of hydrogen-bond donors (Lipinski definition) is 2. The van der Waals surface area contributed by atoms with Crippen molar-refractivity contribution < 1.29 is 19.1 Å². The van der Waals surface area contributed by atoms with Crippen molar-refractivity contribution in [2.45, 2.75) is 13.0 Å². The first-order chi connectivity index (χ1) is 13.3. The van der Waals surface area contributed by atoms with Gasteiger partial charge in [-0.15, -0.1) is 0 Å². The van der Waals surface area contributed by atoms with E-state index in [0.717, 1.165) is 0 Å². The van der Waals surface area contributed by atoms with E-state index in [2.05, 4.69) is 15.5 Å². The number of azo groups is 1. The molecule has 1 unspecified atom stereocenters. The fourth-order valence-corrected chi connectivity index (χ4v) is 2.66. The number of nitrogens with zero attached hydrogens (tertiary/aromatic N) is 2. The number of ketones is 1. The van der Waals surface area contributed by atoms with Crippen LogP contribution in [0.15, 0.2) is 40.6 Å². The van der Waals surface area contributed by atoms with Crippen LogP contribution in [0, 0.1) is 0 Å². The molecule has 0 aliphatic rings. The van der Waals surface area contributed by atoms with Crippen LogP contribution in [0.2, 0.25) is 10.0 Å². The minimum atomic E-state index is -1.38. The third-order valence-electron chi connectivity index (χ3n) is 3.65. The normalized spacial score (nSPS) is 11.9. The van der Waals surface area contributed by atoms with Crippen LogP contribution >= 0.6 is 23.2 Å². The van der Waals surface area contributed by atoms with E-state index in [1.807, 2.05) is 0 Å². The topological polar surface area (TPSA) is 115 Å². The lowest BCUT2D eigenvalue weighted by molar-refractivity contribution is -0.126. The van der Waals surface area contributed by atoms with Gasteiger partial charge in [-0.2, -0.15) is 10.2 Å². The van der Waals surface area contributed by atoms with Gasteiger partial charge in [0.1, 0.15) is 11.5 Å². The van der Waals surface area contributed by atoms with Gasteiger partial charge in [-0.1, -0.05) is 23.2 Å². The van der Waals surface area contributed by atoms with Crippen LogP contribution in [0.3, 0.4) is 0 Å². The number of carbonyl (C=O) groups is 2. The van der Waals surface area contributed by atoms with Gasteiger partial charge in [0.15, 0.2) is 5.78 Å². The van der Waals surface area contributed by atoms with Gasteiger partial charge in [0.25, 0.3) is 5.91 Å². The number of nitrogens with one attached hydrogen (secondary N) is 1. The molecule has 2 aromatic carbocycles. The first-order valence-electron chi connectivity index (χ1n) is 7.95. The zero-order valence-corrected chi connectivity index (χ0v) is 16.8. The molecule has 0 heterocycles. The average molecular weight is 425 g/mol. The molecule has 28 heavy (non-hydrogen) atoms. The number of carbonyl (C=O) groups excluding carboxylic acids is 2. The lowest BCUT2D eigenvalue weighted by Crippen LogP contribution is -2.32. The molecule has 0 saturated heterocycles. The van der Waals surface area contributed by atoms with E-state index in [1.165, 1.54) is 33.3 Å². The maximum Gasteiger partial charge on any atom is 0.258 e. The van der Waals surface area contributed by atoms with Gasteiger partial charge in [0.2, 0.25) is 6.04 Å². The number of rotatable bonds is 7. The van der Waals surface area contributed by atoms with Crippen molar-refractivity contribution in [1.29, 1.82) is 0 Å². The number of nitrogen functional groups attached to an aromatic ring is 1. The van der Waals surface area contributed by atoms with Gasteiger partial charge >= 0.3 is 0 Å². The van der Waals surface area contributed by atoms with Crippen LogP contribution in [-0.2, 0) is 9.59 Å². The fourth-order valence-electron chi connectivity index (χ4n) is 2.18. The highest BCUT2D eigenvalue weighted by atomic mass is 35.5. The second-order valence-corrected chi connectivity index (χ2v) is 6.42. The van der Waals surface area contributed by atoms with Crippen molar-refractivity contribution in [1.82, 2.24) is 0 Å². The molecule has 148 valence electrons. The van der Waals surface area contributed by atoms with E-state index < -0.39 is 17.7 Å². The van der Waals surface area contributed by atoms with Crippen molar-refractivity contribution in [3.63, 3.8) is 0 Å². The number of methoxy groups -OCH3 is 2. The molecule has 0 saturated carbocycles. The van der Waals surface area contributed by atoms with Crippen molar-refractivity contribution in [3.8, 4) is 11.5 Å².